The van der Waals surface area contributed by atoms with Crippen LogP contribution in [0.5, 0.6) is 0 Å². The second kappa shape index (κ2) is 9.60. The molecule has 1 aromatic carbocycles. The third-order valence-corrected chi connectivity index (χ3v) is 6.60. The van der Waals surface area contributed by atoms with Crippen LogP contribution < -0.4 is 0 Å². The molecule has 0 aromatic heterocycles. The second-order valence-corrected chi connectivity index (χ2v) is 8.76. The summed E-state index contributed by atoms with van der Waals surface area (Å²) in [7, 11) is 0. The standard InChI is InChI=1S/C21H31N3O2S/c1-17-5-6-19(15-18(17)2)27-14-7-20(25)24-12-10-22(11-13-24)16-21(26)23-8-3-4-9-23/h5-6,15H,3-4,7-14,16H2,1-2H3. The van der Waals surface area contributed by atoms with Crippen molar-refractivity contribution in [3.8, 4) is 0 Å². The van der Waals surface area contributed by atoms with E-state index in [0.29, 0.717) is 13.0 Å². The van der Waals surface area contributed by atoms with Crippen LogP contribution in [0, 0.1) is 13.8 Å². The van der Waals surface area contributed by atoms with Crippen molar-refractivity contribution < 1.29 is 9.59 Å². The topological polar surface area (TPSA) is 43.9 Å². The number of amides is 2. The predicted octanol–water partition coefficient (Wildman–Crippen LogP) is 2.55. The van der Waals surface area contributed by atoms with Crippen molar-refractivity contribution in [1.29, 1.82) is 0 Å². The molecule has 2 aliphatic heterocycles. The van der Waals surface area contributed by atoms with Gasteiger partial charge >= 0.3 is 0 Å². The van der Waals surface area contributed by atoms with Gasteiger partial charge in [-0.25, -0.2) is 0 Å². The molecule has 0 unspecified atom stereocenters. The second-order valence-electron chi connectivity index (χ2n) is 7.59. The molecule has 0 radical (unpaired) electrons. The third-order valence-electron chi connectivity index (χ3n) is 5.61. The van der Waals surface area contributed by atoms with Crippen molar-refractivity contribution in [3.63, 3.8) is 0 Å². The third kappa shape index (κ3) is 5.72. The average molecular weight is 390 g/mol. The van der Waals surface area contributed by atoms with Gasteiger partial charge in [-0.05, 0) is 49.9 Å². The van der Waals surface area contributed by atoms with Gasteiger partial charge in [0.2, 0.25) is 11.8 Å². The fourth-order valence-electron chi connectivity index (χ4n) is 3.63. The Hall–Kier alpha value is -1.53. The Morgan fingerprint density at radius 2 is 1.56 bits per heavy atom. The summed E-state index contributed by atoms with van der Waals surface area (Å²) in [6, 6.07) is 6.47. The van der Waals surface area contributed by atoms with E-state index in [9.17, 15) is 9.59 Å². The molecule has 2 heterocycles. The van der Waals surface area contributed by atoms with E-state index in [2.05, 4.69) is 36.9 Å². The normalized spacial score (nSPS) is 18.1. The Balaban J connectivity index is 1.35. The van der Waals surface area contributed by atoms with Crippen LogP contribution in [0.1, 0.15) is 30.4 Å². The SMILES string of the molecule is Cc1ccc(SCCC(=O)N2CCN(CC(=O)N3CCCC3)CC2)cc1C. The quantitative estimate of drug-likeness (QED) is 0.702. The van der Waals surface area contributed by atoms with Crippen LogP contribution in [0.3, 0.4) is 0 Å². The number of thioether (sulfide) groups is 1. The summed E-state index contributed by atoms with van der Waals surface area (Å²) in [6.45, 7) is 9.64. The van der Waals surface area contributed by atoms with E-state index in [1.807, 2.05) is 9.80 Å². The Bertz CT molecular complexity index is 665. The number of hydrogen-bond acceptors (Lipinski definition) is 4. The lowest BCUT2D eigenvalue weighted by atomic mass is 10.1. The molecule has 2 amide bonds. The minimum atomic E-state index is 0.233. The van der Waals surface area contributed by atoms with Gasteiger partial charge in [0.1, 0.15) is 0 Å². The van der Waals surface area contributed by atoms with Crippen LogP contribution in [-0.2, 0) is 9.59 Å². The van der Waals surface area contributed by atoms with Gasteiger partial charge in [-0.3, -0.25) is 14.5 Å². The molecule has 0 N–H and O–H groups in total. The number of hydrogen-bond donors (Lipinski definition) is 0. The van der Waals surface area contributed by atoms with Crippen molar-refractivity contribution >= 4 is 23.6 Å². The molecule has 1 aromatic rings. The average Bonchev–Trinajstić information content (AvgIpc) is 3.20. The molecule has 2 saturated heterocycles. The summed E-state index contributed by atoms with van der Waals surface area (Å²) in [5.41, 5.74) is 2.60. The fourth-order valence-corrected chi connectivity index (χ4v) is 4.57. The highest BCUT2D eigenvalue weighted by molar-refractivity contribution is 7.99. The van der Waals surface area contributed by atoms with Gasteiger partial charge in [0.05, 0.1) is 6.54 Å². The summed E-state index contributed by atoms with van der Waals surface area (Å²) in [4.78, 5) is 32.1. The number of piperazine rings is 1. The molecule has 3 rings (SSSR count). The zero-order valence-corrected chi connectivity index (χ0v) is 17.4. The first kappa shape index (κ1) is 20.2. The highest BCUT2D eigenvalue weighted by Gasteiger charge is 2.25. The lowest BCUT2D eigenvalue weighted by Crippen LogP contribution is -2.51. The number of likely N-dealkylation sites (tertiary alicyclic amines) is 1. The molecule has 0 bridgehead atoms. The van der Waals surface area contributed by atoms with E-state index in [4.69, 9.17) is 0 Å². The highest BCUT2D eigenvalue weighted by atomic mass is 32.2. The Labute approximate surface area is 167 Å². The molecule has 2 fully saturated rings. The lowest BCUT2D eigenvalue weighted by Gasteiger charge is -2.35. The molecular weight excluding hydrogens is 358 g/mol. The molecule has 6 heteroatoms. The van der Waals surface area contributed by atoms with Crippen LogP contribution in [-0.4, -0.2) is 78.1 Å². The van der Waals surface area contributed by atoms with Gasteiger partial charge in [0.25, 0.3) is 0 Å². The summed E-state index contributed by atoms with van der Waals surface area (Å²) >= 11 is 1.75. The first-order chi connectivity index (χ1) is 13.0. The Kier molecular flexibility index (Phi) is 7.19. The van der Waals surface area contributed by atoms with E-state index in [1.54, 1.807) is 11.8 Å². The predicted molar refractivity (Wildman–Crippen MR) is 110 cm³/mol. The molecule has 0 atom stereocenters. The Morgan fingerprint density at radius 3 is 2.22 bits per heavy atom. The number of benzene rings is 1. The van der Waals surface area contributed by atoms with Gasteiger partial charge in [0, 0.05) is 56.3 Å². The minimum absolute atomic E-state index is 0.233. The van der Waals surface area contributed by atoms with Gasteiger partial charge < -0.3 is 9.80 Å². The molecule has 27 heavy (non-hydrogen) atoms. The van der Waals surface area contributed by atoms with E-state index >= 15 is 0 Å². The molecule has 2 aliphatic rings. The smallest absolute Gasteiger partial charge is 0.236 e. The molecule has 148 valence electrons. The minimum Gasteiger partial charge on any atom is -0.342 e. The molecular formula is C21H31N3O2S. The van der Waals surface area contributed by atoms with Gasteiger partial charge in [0.15, 0.2) is 0 Å². The van der Waals surface area contributed by atoms with Crippen LogP contribution in [0.15, 0.2) is 23.1 Å². The molecule has 0 saturated carbocycles. The van der Waals surface area contributed by atoms with Crippen molar-refractivity contribution in [2.75, 3.05) is 51.6 Å². The van der Waals surface area contributed by atoms with Crippen LogP contribution in [0.25, 0.3) is 0 Å². The van der Waals surface area contributed by atoms with E-state index < -0.39 is 0 Å². The van der Waals surface area contributed by atoms with E-state index in [1.165, 1.54) is 16.0 Å². The maximum Gasteiger partial charge on any atom is 0.236 e. The van der Waals surface area contributed by atoms with E-state index in [0.717, 1.165) is 57.9 Å². The van der Waals surface area contributed by atoms with Crippen molar-refractivity contribution in [3.05, 3.63) is 29.3 Å². The van der Waals surface area contributed by atoms with Gasteiger partial charge in [-0.15, -0.1) is 11.8 Å². The van der Waals surface area contributed by atoms with Crippen molar-refractivity contribution in [2.45, 2.75) is 38.0 Å². The molecule has 0 aliphatic carbocycles. The number of carbonyl (C=O) groups excluding carboxylic acids is 2. The van der Waals surface area contributed by atoms with Crippen LogP contribution in [0.4, 0.5) is 0 Å². The monoisotopic (exact) mass is 389 g/mol. The Morgan fingerprint density at radius 1 is 0.889 bits per heavy atom. The summed E-state index contributed by atoms with van der Waals surface area (Å²) in [5, 5.41) is 0. The van der Waals surface area contributed by atoms with E-state index in [-0.39, 0.29) is 11.8 Å². The highest BCUT2D eigenvalue weighted by Crippen LogP contribution is 2.22. The summed E-state index contributed by atoms with van der Waals surface area (Å²) in [6.07, 6.45) is 2.84. The lowest BCUT2D eigenvalue weighted by molar-refractivity contribution is -0.134. The maximum absolute atomic E-state index is 12.5. The first-order valence-electron chi connectivity index (χ1n) is 10.0. The summed E-state index contributed by atoms with van der Waals surface area (Å²) in [5.74, 6) is 1.29. The molecule has 5 nitrogen and oxygen atoms in total. The zero-order chi connectivity index (χ0) is 19.2. The first-order valence-corrected chi connectivity index (χ1v) is 11.0. The fraction of sp³-hybridized carbons (Fsp3) is 0.619. The molecule has 0 spiro atoms. The number of carbonyl (C=O) groups is 2. The van der Waals surface area contributed by atoms with Gasteiger partial charge in [-0.1, -0.05) is 6.07 Å². The van der Waals surface area contributed by atoms with Crippen LogP contribution in [0.2, 0.25) is 0 Å². The number of nitrogens with zero attached hydrogens (tertiary/aromatic N) is 3. The number of rotatable bonds is 6. The number of aryl methyl sites for hydroxylation is 2. The maximum atomic E-state index is 12.5. The van der Waals surface area contributed by atoms with Crippen molar-refractivity contribution in [1.82, 2.24) is 14.7 Å². The largest absolute Gasteiger partial charge is 0.342 e. The van der Waals surface area contributed by atoms with Gasteiger partial charge in [-0.2, -0.15) is 0 Å². The summed E-state index contributed by atoms with van der Waals surface area (Å²) < 4.78 is 0. The van der Waals surface area contributed by atoms with Crippen LogP contribution >= 0.6 is 11.8 Å². The van der Waals surface area contributed by atoms with Crippen molar-refractivity contribution in [2.24, 2.45) is 0 Å². The zero-order valence-electron chi connectivity index (χ0n) is 16.6.